The van der Waals surface area contributed by atoms with Crippen LogP contribution in [-0.4, -0.2) is 19.4 Å². The van der Waals surface area contributed by atoms with Crippen LogP contribution >= 0.6 is 0 Å². The molecule has 0 N–H and O–H groups in total. The molecule has 0 amide bonds. The predicted molar refractivity (Wildman–Crippen MR) is 33.0 cm³/mol. The van der Waals surface area contributed by atoms with E-state index < -0.39 is 37.6 Å². The fraction of sp³-hybridized carbons (Fsp3) is 1.00. The Labute approximate surface area is 66.4 Å². The molecule has 2 aliphatic rings. The molecule has 2 fully saturated rings. The van der Waals surface area contributed by atoms with E-state index in [4.69, 9.17) is 11.0 Å². The molecule has 0 radical (unpaired) electrons. The minimum Gasteiger partial charge on any atom is -0.352 e. The summed E-state index contributed by atoms with van der Waals surface area (Å²) in [5, 5.41) is 0. The lowest BCUT2D eigenvalue weighted by Gasteiger charge is -2.07. The summed E-state index contributed by atoms with van der Waals surface area (Å²) in [4.78, 5) is 0. The van der Waals surface area contributed by atoms with E-state index in [9.17, 15) is 0 Å². The predicted octanol–water partition coefficient (Wildman–Crippen LogP) is 1.02. The fourth-order valence-corrected chi connectivity index (χ4v) is 0.795. The van der Waals surface area contributed by atoms with Gasteiger partial charge in [-0.1, -0.05) is 6.92 Å². The third-order valence-corrected chi connectivity index (χ3v) is 1.31. The van der Waals surface area contributed by atoms with Crippen LogP contribution in [0.25, 0.3) is 0 Å². The minimum absolute atomic E-state index is 1.21. The van der Waals surface area contributed by atoms with E-state index in [1.54, 1.807) is 0 Å². The third-order valence-electron chi connectivity index (χ3n) is 1.31. The van der Waals surface area contributed by atoms with Gasteiger partial charge in [0.2, 0.25) is 0 Å². The normalized spacial score (nSPS) is 95.9. The Hall–Kier alpha value is -0.0800. The van der Waals surface area contributed by atoms with E-state index in [-0.39, 0.29) is 0 Å². The van der Waals surface area contributed by atoms with Crippen molar-refractivity contribution in [2.75, 3.05) is 13.1 Å². The third kappa shape index (κ3) is 0.775. The summed E-state index contributed by atoms with van der Waals surface area (Å²) in [6.45, 7) is -4.07. The van der Waals surface area contributed by atoms with Gasteiger partial charge in [0.25, 0.3) is 0 Å². The van der Waals surface area contributed by atoms with Gasteiger partial charge < -0.3 is 9.47 Å². The second-order valence-electron chi connectivity index (χ2n) is 1.97. The lowest BCUT2D eigenvalue weighted by atomic mass is 9.96. The number of fused-ring (bicyclic) bond motifs is 1. The molecule has 52 valence electrons. The van der Waals surface area contributed by atoms with E-state index in [1.807, 2.05) is 0 Å². The van der Waals surface area contributed by atoms with Crippen molar-refractivity contribution in [3.63, 3.8) is 0 Å². The fourth-order valence-electron chi connectivity index (χ4n) is 0.795. The van der Waals surface area contributed by atoms with E-state index in [0.717, 1.165) is 0 Å². The average Bonchev–Trinajstić information content (AvgIpc) is 2.28. The quantitative estimate of drug-likeness (QED) is 0.495. The molecule has 2 saturated heterocycles. The molecule has 0 bridgehead atoms. The summed E-state index contributed by atoms with van der Waals surface area (Å²) in [5.74, 6) is -3.83. The van der Waals surface area contributed by atoms with Crippen molar-refractivity contribution in [2.24, 2.45) is 11.8 Å². The Morgan fingerprint density at radius 2 is 2.56 bits per heavy atom. The molecule has 0 aromatic rings. The topological polar surface area (TPSA) is 18.5 Å². The number of hydrogen-bond acceptors (Lipinski definition) is 2. The zero-order chi connectivity index (χ0) is 13.5. The Bertz CT molecular complexity index is 371. The van der Waals surface area contributed by atoms with Crippen LogP contribution in [0.5, 0.6) is 0 Å². The summed E-state index contributed by atoms with van der Waals surface area (Å²) < 4.78 is 70.0. The molecule has 0 unspecified atom stereocenters. The lowest BCUT2D eigenvalue weighted by molar-refractivity contribution is -0.0905. The highest BCUT2D eigenvalue weighted by molar-refractivity contribution is 4.79. The maximum Gasteiger partial charge on any atom is 0.160 e. The summed E-state index contributed by atoms with van der Waals surface area (Å²) in [6, 6.07) is 0. The van der Waals surface area contributed by atoms with Gasteiger partial charge in [-0.3, -0.25) is 0 Å². The Morgan fingerprint density at radius 3 is 3.33 bits per heavy atom. The van der Waals surface area contributed by atoms with Gasteiger partial charge in [-0.2, -0.15) is 0 Å². The molecule has 9 heavy (non-hydrogen) atoms. The molecule has 2 rings (SSSR count). The first-order chi connectivity index (χ1) is 7.32. The van der Waals surface area contributed by atoms with Crippen molar-refractivity contribution in [1.29, 1.82) is 0 Å². The highest BCUT2D eigenvalue weighted by atomic mass is 16.7. The van der Waals surface area contributed by atoms with Crippen molar-refractivity contribution in [3.05, 3.63) is 0 Å². The van der Waals surface area contributed by atoms with E-state index in [0.29, 0.717) is 0 Å². The molecule has 0 saturated carbocycles. The molecule has 2 heteroatoms. The van der Waals surface area contributed by atoms with Crippen molar-refractivity contribution < 1.29 is 20.4 Å². The van der Waals surface area contributed by atoms with Gasteiger partial charge >= 0.3 is 0 Å². The molecule has 0 aromatic carbocycles. The van der Waals surface area contributed by atoms with Crippen LogP contribution in [0.4, 0.5) is 0 Å². The summed E-state index contributed by atoms with van der Waals surface area (Å²) in [7, 11) is 0. The first-order valence-corrected chi connectivity index (χ1v) is 2.72. The molecule has 2 aliphatic heterocycles. The molecule has 0 aromatic heterocycles. The number of hydrogen-bond donors (Lipinski definition) is 0. The Balaban J connectivity index is 2.62. The van der Waals surface area contributed by atoms with Crippen LogP contribution in [0, 0.1) is 11.8 Å². The largest absolute Gasteiger partial charge is 0.352 e. The van der Waals surface area contributed by atoms with Gasteiger partial charge in [0.1, 0.15) is 0 Å². The molecular weight excluding hydrogens is 116 g/mol. The zero-order valence-corrected chi connectivity index (χ0v) is 4.89. The first-order valence-electron chi connectivity index (χ1n) is 6.72. The highest BCUT2D eigenvalue weighted by Gasteiger charge is 2.38. The summed E-state index contributed by atoms with van der Waals surface area (Å²) in [6.07, 6.45) is -5.55. The maximum atomic E-state index is 8.02. The SMILES string of the molecule is [2H]C1([2H])O[C@@]2([2H])OC([2H])([2H])C([2H])([2H])[C@@]2([2H])[C@H]1C. The summed E-state index contributed by atoms with van der Waals surface area (Å²) >= 11 is 0. The van der Waals surface area contributed by atoms with E-state index in [2.05, 4.69) is 9.47 Å². The van der Waals surface area contributed by atoms with Crippen LogP contribution in [0.15, 0.2) is 0 Å². The van der Waals surface area contributed by atoms with Gasteiger partial charge in [-0.15, -0.1) is 0 Å². The van der Waals surface area contributed by atoms with Gasteiger partial charge in [-0.05, 0) is 12.3 Å². The van der Waals surface area contributed by atoms with Crippen LogP contribution < -0.4 is 0 Å². The average molecular weight is 136 g/mol. The van der Waals surface area contributed by atoms with Crippen molar-refractivity contribution in [1.82, 2.24) is 0 Å². The number of ether oxygens (including phenoxy) is 2. The zero-order valence-electron chi connectivity index (χ0n) is 12.9. The molecule has 0 aliphatic carbocycles. The molecular formula is C7H12O2. The molecule has 2 nitrogen and oxygen atoms in total. The Kier molecular flexibility index (Phi) is 0.379. The van der Waals surface area contributed by atoms with E-state index in [1.165, 1.54) is 6.92 Å². The highest BCUT2D eigenvalue weighted by Crippen LogP contribution is 2.34. The van der Waals surface area contributed by atoms with Crippen molar-refractivity contribution >= 4 is 0 Å². The smallest absolute Gasteiger partial charge is 0.160 e. The van der Waals surface area contributed by atoms with Gasteiger partial charge in [0, 0.05) is 10.0 Å². The van der Waals surface area contributed by atoms with Gasteiger partial charge in [0.05, 0.1) is 20.0 Å². The van der Waals surface area contributed by atoms with E-state index >= 15 is 0 Å². The second kappa shape index (κ2) is 1.96. The minimum atomic E-state index is -2.87. The van der Waals surface area contributed by atoms with Crippen LogP contribution in [0.1, 0.15) is 24.3 Å². The van der Waals surface area contributed by atoms with Gasteiger partial charge in [-0.25, -0.2) is 0 Å². The van der Waals surface area contributed by atoms with Gasteiger partial charge in [0.15, 0.2) is 6.27 Å². The molecule has 3 atom stereocenters. The maximum absolute atomic E-state index is 8.02. The molecule has 2 heterocycles. The standard InChI is InChI=1S/C7H12O2/c1-5-4-9-7-6(5)2-3-8-7/h5-7H,2-4H2,1H3/t5-,6-,7+/m0/s1/i2D2,3D2,4D2,6D,7D. The number of rotatable bonds is 0. The molecule has 0 spiro atoms. The van der Waals surface area contributed by atoms with Crippen LogP contribution in [0.3, 0.4) is 0 Å². The van der Waals surface area contributed by atoms with Crippen LogP contribution in [-0.2, 0) is 9.47 Å². The van der Waals surface area contributed by atoms with Crippen LogP contribution in [0.2, 0.25) is 0 Å². The van der Waals surface area contributed by atoms with Crippen molar-refractivity contribution in [2.45, 2.75) is 19.6 Å². The van der Waals surface area contributed by atoms with Crippen molar-refractivity contribution in [3.8, 4) is 0 Å². The lowest BCUT2D eigenvalue weighted by Crippen LogP contribution is -2.12. The Morgan fingerprint density at radius 1 is 1.67 bits per heavy atom. The first kappa shape index (κ1) is 1.74. The second-order valence-corrected chi connectivity index (χ2v) is 1.97. The monoisotopic (exact) mass is 136 g/mol. The summed E-state index contributed by atoms with van der Waals surface area (Å²) in [5.41, 5.74) is 0.